The number of carboxylic acids is 1. The van der Waals surface area contributed by atoms with Gasteiger partial charge in [-0.05, 0) is 50.1 Å². The van der Waals surface area contributed by atoms with Crippen LogP contribution < -0.4 is 0 Å². The van der Waals surface area contributed by atoms with E-state index in [0.29, 0.717) is 12.8 Å². The first-order valence-corrected chi connectivity index (χ1v) is 16.0. The third-order valence-corrected chi connectivity index (χ3v) is 6.82. The molecule has 0 spiro atoms. The van der Waals surface area contributed by atoms with Crippen molar-refractivity contribution < 1.29 is 14.7 Å². The van der Waals surface area contributed by atoms with Crippen molar-refractivity contribution in [2.75, 3.05) is 0 Å². The van der Waals surface area contributed by atoms with Crippen LogP contribution in [0.2, 0.25) is 0 Å². The Morgan fingerprint density at radius 3 is 1.17 bits per heavy atom. The standard InChI is InChI=1S/C16H31ClO.C16H30O2/c2*1-2-3-4-5-6-7-8-9-10-11-12-13-14-15-16(17)18/h2-15H2,1H3;7-8H,2-6,9-15H2,1H3,(H,17,18)/b;8-7-. The molecule has 0 fully saturated rings. The van der Waals surface area contributed by atoms with E-state index in [-0.39, 0.29) is 5.24 Å². The second kappa shape index (κ2) is 34.2. The lowest BCUT2D eigenvalue weighted by Crippen LogP contribution is -1.93. The molecule has 0 aliphatic rings. The molecule has 0 unspecified atom stereocenters. The zero-order chi connectivity index (χ0) is 27.0. The molecule has 0 bridgehead atoms. The molecule has 1 N–H and O–H groups in total. The highest BCUT2D eigenvalue weighted by molar-refractivity contribution is 6.63. The molecule has 36 heavy (non-hydrogen) atoms. The molecule has 0 aliphatic carbocycles. The zero-order valence-corrected chi connectivity index (χ0v) is 24.9. The van der Waals surface area contributed by atoms with Gasteiger partial charge in [-0.15, -0.1) is 0 Å². The van der Waals surface area contributed by atoms with Crippen LogP contribution in [0.15, 0.2) is 12.2 Å². The molecule has 0 rings (SSSR count). The predicted molar refractivity (Wildman–Crippen MR) is 159 cm³/mol. The molecule has 0 aromatic heterocycles. The fourth-order valence-electron chi connectivity index (χ4n) is 4.28. The van der Waals surface area contributed by atoms with Crippen LogP contribution in [0.3, 0.4) is 0 Å². The smallest absolute Gasteiger partial charge is 0.303 e. The SMILES string of the molecule is CCCCCC/C=C\CCCCCCCC(=O)O.CCCCCCCCCCCCCCCC(=O)Cl. The minimum absolute atomic E-state index is 0.182. The minimum Gasteiger partial charge on any atom is -0.481 e. The third-order valence-electron chi connectivity index (χ3n) is 6.63. The number of allylic oxidation sites excluding steroid dienone is 2. The topological polar surface area (TPSA) is 54.4 Å². The Balaban J connectivity index is 0. The van der Waals surface area contributed by atoms with Crippen LogP contribution in [0.25, 0.3) is 0 Å². The molecule has 214 valence electrons. The fourth-order valence-corrected chi connectivity index (χ4v) is 4.41. The number of carbonyl (C=O) groups excluding carboxylic acids is 1. The van der Waals surface area contributed by atoms with Gasteiger partial charge in [0.2, 0.25) is 5.24 Å². The van der Waals surface area contributed by atoms with E-state index in [1.807, 2.05) is 0 Å². The number of unbranched alkanes of at least 4 members (excludes halogenated alkanes) is 21. The Morgan fingerprint density at radius 1 is 0.500 bits per heavy atom. The van der Waals surface area contributed by atoms with Gasteiger partial charge in [-0.3, -0.25) is 9.59 Å². The summed E-state index contributed by atoms with van der Waals surface area (Å²) in [5.41, 5.74) is 0. The summed E-state index contributed by atoms with van der Waals surface area (Å²) in [4.78, 5) is 20.8. The van der Waals surface area contributed by atoms with Gasteiger partial charge in [-0.1, -0.05) is 142 Å². The zero-order valence-electron chi connectivity index (χ0n) is 24.2. The number of halogens is 1. The van der Waals surface area contributed by atoms with Gasteiger partial charge in [0.05, 0.1) is 0 Å². The molecular weight excluding hydrogens is 468 g/mol. The minimum atomic E-state index is -0.666. The van der Waals surface area contributed by atoms with Gasteiger partial charge >= 0.3 is 5.97 Å². The molecule has 0 aliphatic heterocycles. The van der Waals surface area contributed by atoms with Crippen LogP contribution in [-0.2, 0) is 9.59 Å². The summed E-state index contributed by atoms with van der Waals surface area (Å²) in [6, 6.07) is 0. The first-order chi connectivity index (χ1) is 17.5. The quantitative estimate of drug-likeness (QED) is 0.0654. The Bertz CT molecular complexity index is 476. The Morgan fingerprint density at radius 2 is 0.806 bits per heavy atom. The number of carboxylic acid groups (broad SMARTS) is 1. The third kappa shape index (κ3) is 40.3. The predicted octanol–water partition coefficient (Wildman–Crippen LogP) is 11.6. The highest BCUT2D eigenvalue weighted by Gasteiger charge is 1.97. The van der Waals surface area contributed by atoms with Crippen molar-refractivity contribution in [3.8, 4) is 0 Å². The molecule has 0 heterocycles. The average molecular weight is 529 g/mol. The molecule has 0 saturated carbocycles. The van der Waals surface area contributed by atoms with E-state index >= 15 is 0 Å². The lowest BCUT2D eigenvalue weighted by molar-refractivity contribution is -0.137. The van der Waals surface area contributed by atoms with Gasteiger partial charge in [0, 0.05) is 12.8 Å². The van der Waals surface area contributed by atoms with E-state index in [4.69, 9.17) is 16.7 Å². The van der Waals surface area contributed by atoms with E-state index in [2.05, 4.69) is 26.0 Å². The monoisotopic (exact) mass is 528 g/mol. The Hall–Kier alpha value is -0.830. The van der Waals surface area contributed by atoms with Crippen LogP contribution in [0.5, 0.6) is 0 Å². The van der Waals surface area contributed by atoms with Crippen LogP contribution in [0, 0.1) is 0 Å². The molecule has 0 atom stereocenters. The average Bonchev–Trinajstić information content (AvgIpc) is 2.85. The molecule has 4 heteroatoms. The van der Waals surface area contributed by atoms with E-state index in [1.54, 1.807) is 0 Å². The second-order valence-electron chi connectivity index (χ2n) is 10.4. The van der Waals surface area contributed by atoms with Crippen LogP contribution in [-0.4, -0.2) is 16.3 Å². The Kier molecular flexibility index (Phi) is 35.4. The largest absolute Gasteiger partial charge is 0.481 e. The number of aliphatic carboxylic acids is 1. The first kappa shape index (κ1) is 37.3. The molecule has 0 aromatic carbocycles. The van der Waals surface area contributed by atoms with E-state index < -0.39 is 5.97 Å². The van der Waals surface area contributed by atoms with E-state index in [1.165, 1.54) is 128 Å². The summed E-state index contributed by atoms with van der Waals surface area (Å²) in [5.74, 6) is -0.666. The maximum absolute atomic E-state index is 10.5. The highest BCUT2D eigenvalue weighted by atomic mass is 35.5. The van der Waals surface area contributed by atoms with Crippen molar-refractivity contribution in [2.24, 2.45) is 0 Å². The normalized spacial score (nSPS) is 11.0. The molecule has 3 nitrogen and oxygen atoms in total. The first-order valence-electron chi connectivity index (χ1n) is 15.6. The molecule has 0 radical (unpaired) electrons. The van der Waals surface area contributed by atoms with Gasteiger partial charge in [0.1, 0.15) is 0 Å². The van der Waals surface area contributed by atoms with Gasteiger partial charge in [0.15, 0.2) is 0 Å². The summed E-state index contributed by atoms with van der Waals surface area (Å²) in [6.45, 7) is 4.51. The summed E-state index contributed by atoms with van der Waals surface area (Å²) in [5, 5.41) is 8.30. The van der Waals surface area contributed by atoms with Gasteiger partial charge in [-0.2, -0.15) is 0 Å². The summed E-state index contributed by atoms with van der Waals surface area (Å²) >= 11 is 5.28. The molecule has 0 amide bonds. The van der Waals surface area contributed by atoms with Crippen LogP contribution in [0.1, 0.15) is 181 Å². The van der Waals surface area contributed by atoms with E-state index in [0.717, 1.165) is 25.7 Å². The maximum atomic E-state index is 10.5. The number of hydrogen-bond donors (Lipinski definition) is 1. The summed E-state index contributed by atoms with van der Waals surface area (Å²) in [6.07, 6.45) is 36.2. The molecule has 0 saturated heterocycles. The number of rotatable bonds is 27. The number of hydrogen-bond acceptors (Lipinski definition) is 2. The van der Waals surface area contributed by atoms with Gasteiger partial charge in [0.25, 0.3) is 0 Å². The van der Waals surface area contributed by atoms with Gasteiger partial charge < -0.3 is 5.11 Å². The van der Waals surface area contributed by atoms with E-state index in [9.17, 15) is 9.59 Å². The summed E-state index contributed by atoms with van der Waals surface area (Å²) in [7, 11) is 0. The Labute approximate surface area is 230 Å². The maximum Gasteiger partial charge on any atom is 0.303 e. The summed E-state index contributed by atoms with van der Waals surface area (Å²) < 4.78 is 0. The van der Waals surface area contributed by atoms with Crippen LogP contribution >= 0.6 is 11.6 Å². The van der Waals surface area contributed by atoms with Crippen LogP contribution in [0.4, 0.5) is 0 Å². The van der Waals surface area contributed by atoms with Crippen molar-refractivity contribution in [1.82, 2.24) is 0 Å². The second-order valence-corrected chi connectivity index (χ2v) is 10.8. The van der Waals surface area contributed by atoms with Crippen molar-refractivity contribution in [3.63, 3.8) is 0 Å². The van der Waals surface area contributed by atoms with Crippen molar-refractivity contribution >= 4 is 22.8 Å². The molecular formula is C32H61ClO3. The van der Waals surface area contributed by atoms with Crippen molar-refractivity contribution in [3.05, 3.63) is 12.2 Å². The van der Waals surface area contributed by atoms with Crippen molar-refractivity contribution in [1.29, 1.82) is 0 Å². The van der Waals surface area contributed by atoms with Crippen molar-refractivity contribution in [2.45, 2.75) is 181 Å². The fraction of sp³-hybridized carbons (Fsp3) is 0.875. The lowest BCUT2D eigenvalue weighted by Gasteiger charge is -2.02. The highest BCUT2D eigenvalue weighted by Crippen LogP contribution is 2.13. The number of carbonyl (C=O) groups is 2. The van der Waals surface area contributed by atoms with Gasteiger partial charge in [-0.25, -0.2) is 0 Å². The molecule has 0 aromatic rings. The lowest BCUT2D eigenvalue weighted by atomic mass is 10.0.